The van der Waals surface area contributed by atoms with Crippen LogP contribution in [0.15, 0.2) is 66.7 Å². The van der Waals surface area contributed by atoms with E-state index in [0.29, 0.717) is 40.8 Å². The van der Waals surface area contributed by atoms with Crippen molar-refractivity contribution in [1.29, 1.82) is 0 Å². The average Bonchev–Trinajstić information content (AvgIpc) is 3.41. The first-order valence-electron chi connectivity index (χ1n) is 11.2. The minimum Gasteiger partial charge on any atom is -0.493 e. The highest BCUT2D eigenvalue weighted by atomic mass is 35.5. The van der Waals surface area contributed by atoms with Gasteiger partial charge in [-0.1, -0.05) is 35.9 Å². The molecule has 7 heteroatoms. The number of amides is 2. The standard InChI is InChI=1S/C27H27ClN2O4/c1-33-25-16-21(9-12-24(25)34-18-19-7-10-23(28)11-8-19)26(31)29-17-20-5-4-6-22(15-20)27(32)30-13-2-3-14-30/h4-12,15-16H,2-3,13-14,17-18H2,1H3,(H,29,31). The first-order chi connectivity index (χ1) is 16.5. The number of nitrogens with one attached hydrogen (secondary N) is 1. The summed E-state index contributed by atoms with van der Waals surface area (Å²) in [6.45, 7) is 2.28. The molecule has 0 saturated carbocycles. The number of nitrogens with zero attached hydrogens (tertiary/aromatic N) is 1. The van der Waals surface area contributed by atoms with Crippen LogP contribution in [0, 0.1) is 0 Å². The first kappa shape index (κ1) is 23.6. The summed E-state index contributed by atoms with van der Waals surface area (Å²) in [7, 11) is 1.54. The van der Waals surface area contributed by atoms with E-state index in [2.05, 4.69) is 5.32 Å². The highest BCUT2D eigenvalue weighted by molar-refractivity contribution is 6.30. The molecule has 4 rings (SSSR count). The Morgan fingerprint density at radius 1 is 0.912 bits per heavy atom. The molecule has 0 aromatic heterocycles. The van der Waals surface area contributed by atoms with Crippen molar-refractivity contribution in [3.05, 3.63) is 94.0 Å². The van der Waals surface area contributed by atoms with E-state index in [4.69, 9.17) is 21.1 Å². The predicted molar refractivity (Wildman–Crippen MR) is 132 cm³/mol. The number of ether oxygens (including phenoxy) is 2. The maximum Gasteiger partial charge on any atom is 0.253 e. The smallest absolute Gasteiger partial charge is 0.253 e. The second-order valence-corrected chi connectivity index (χ2v) is 8.60. The topological polar surface area (TPSA) is 67.9 Å². The molecule has 1 fully saturated rings. The van der Waals surface area contributed by atoms with Gasteiger partial charge in [0.1, 0.15) is 6.61 Å². The molecule has 3 aromatic carbocycles. The fourth-order valence-electron chi connectivity index (χ4n) is 3.87. The van der Waals surface area contributed by atoms with Crippen LogP contribution in [0.2, 0.25) is 5.02 Å². The fourth-order valence-corrected chi connectivity index (χ4v) is 4.00. The van der Waals surface area contributed by atoms with Gasteiger partial charge in [-0.25, -0.2) is 0 Å². The second kappa shape index (κ2) is 11.1. The zero-order chi connectivity index (χ0) is 23.9. The van der Waals surface area contributed by atoms with Crippen LogP contribution in [0.5, 0.6) is 11.5 Å². The van der Waals surface area contributed by atoms with Crippen molar-refractivity contribution in [2.45, 2.75) is 26.0 Å². The maximum absolute atomic E-state index is 12.7. The number of methoxy groups -OCH3 is 1. The highest BCUT2D eigenvalue weighted by Crippen LogP contribution is 2.29. The van der Waals surface area contributed by atoms with Gasteiger partial charge in [-0.15, -0.1) is 0 Å². The summed E-state index contributed by atoms with van der Waals surface area (Å²) >= 11 is 5.92. The molecule has 0 aliphatic carbocycles. The summed E-state index contributed by atoms with van der Waals surface area (Å²) in [4.78, 5) is 27.2. The molecule has 1 N–H and O–H groups in total. The Balaban J connectivity index is 1.37. The van der Waals surface area contributed by atoms with Crippen LogP contribution in [0.4, 0.5) is 0 Å². The lowest BCUT2D eigenvalue weighted by Gasteiger charge is -2.16. The predicted octanol–water partition coefficient (Wildman–Crippen LogP) is 5.09. The van der Waals surface area contributed by atoms with Gasteiger partial charge in [0.25, 0.3) is 11.8 Å². The van der Waals surface area contributed by atoms with E-state index in [-0.39, 0.29) is 11.8 Å². The Kier molecular flexibility index (Phi) is 7.70. The summed E-state index contributed by atoms with van der Waals surface area (Å²) in [5.41, 5.74) is 2.95. The van der Waals surface area contributed by atoms with E-state index < -0.39 is 0 Å². The number of hydrogen-bond donors (Lipinski definition) is 1. The monoisotopic (exact) mass is 478 g/mol. The maximum atomic E-state index is 12.7. The molecular formula is C27H27ClN2O4. The first-order valence-corrected chi connectivity index (χ1v) is 11.6. The second-order valence-electron chi connectivity index (χ2n) is 8.16. The molecule has 0 bridgehead atoms. The molecule has 0 unspecified atom stereocenters. The van der Waals surface area contributed by atoms with E-state index in [1.54, 1.807) is 18.2 Å². The van der Waals surface area contributed by atoms with Gasteiger partial charge in [-0.2, -0.15) is 0 Å². The molecule has 34 heavy (non-hydrogen) atoms. The number of carbonyl (C=O) groups excluding carboxylic acids is 2. The Hall–Kier alpha value is -3.51. The Morgan fingerprint density at radius 2 is 1.68 bits per heavy atom. The molecule has 1 aliphatic heterocycles. The number of benzene rings is 3. The molecule has 0 spiro atoms. The van der Waals surface area contributed by atoms with Crippen LogP contribution < -0.4 is 14.8 Å². The van der Waals surface area contributed by atoms with Crippen molar-refractivity contribution in [3.63, 3.8) is 0 Å². The van der Waals surface area contributed by atoms with Gasteiger partial charge in [-0.05, 0) is 66.4 Å². The molecular weight excluding hydrogens is 452 g/mol. The van der Waals surface area contributed by atoms with Crippen LogP contribution in [0.1, 0.15) is 44.7 Å². The lowest BCUT2D eigenvalue weighted by atomic mass is 10.1. The van der Waals surface area contributed by atoms with Crippen LogP contribution in [0.25, 0.3) is 0 Å². The van der Waals surface area contributed by atoms with Crippen molar-refractivity contribution in [1.82, 2.24) is 10.2 Å². The largest absolute Gasteiger partial charge is 0.493 e. The van der Waals surface area contributed by atoms with Crippen molar-refractivity contribution >= 4 is 23.4 Å². The third-order valence-corrected chi connectivity index (χ3v) is 6.01. The zero-order valence-electron chi connectivity index (χ0n) is 19.1. The number of likely N-dealkylation sites (tertiary alicyclic amines) is 1. The van der Waals surface area contributed by atoms with Gasteiger partial charge in [0, 0.05) is 35.8 Å². The van der Waals surface area contributed by atoms with Crippen molar-refractivity contribution in [2.24, 2.45) is 0 Å². The fraction of sp³-hybridized carbons (Fsp3) is 0.259. The zero-order valence-corrected chi connectivity index (χ0v) is 19.8. The number of carbonyl (C=O) groups is 2. The molecule has 6 nitrogen and oxygen atoms in total. The minimum atomic E-state index is -0.237. The van der Waals surface area contributed by atoms with Gasteiger partial charge in [0.2, 0.25) is 0 Å². The van der Waals surface area contributed by atoms with Gasteiger partial charge in [0.05, 0.1) is 7.11 Å². The molecule has 1 saturated heterocycles. The lowest BCUT2D eigenvalue weighted by Crippen LogP contribution is -2.28. The number of hydrogen-bond acceptors (Lipinski definition) is 4. The van der Waals surface area contributed by atoms with Crippen molar-refractivity contribution in [2.75, 3.05) is 20.2 Å². The van der Waals surface area contributed by atoms with Crippen LogP contribution in [-0.2, 0) is 13.2 Å². The molecule has 2 amide bonds. The summed E-state index contributed by atoms with van der Waals surface area (Å²) in [6.07, 6.45) is 2.10. The molecule has 176 valence electrons. The molecule has 1 heterocycles. The van der Waals surface area contributed by atoms with Crippen molar-refractivity contribution < 1.29 is 19.1 Å². The summed E-state index contributed by atoms with van der Waals surface area (Å²) in [6, 6.07) is 19.9. The van der Waals surface area contributed by atoms with Gasteiger partial charge >= 0.3 is 0 Å². The van der Waals surface area contributed by atoms with Crippen LogP contribution in [0.3, 0.4) is 0 Å². The van der Waals surface area contributed by atoms with E-state index in [9.17, 15) is 9.59 Å². The van der Waals surface area contributed by atoms with Gasteiger partial charge in [0.15, 0.2) is 11.5 Å². The average molecular weight is 479 g/mol. The lowest BCUT2D eigenvalue weighted by molar-refractivity contribution is 0.0792. The van der Waals surface area contributed by atoms with Crippen LogP contribution >= 0.6 is 11.6 Å². The number of halogens is 1. The molecule has 3 aromatic rings. The third kappa shape index (κ3) is 5.88. The van der Waals surface area contributed by atoms with Crippen molar-refractivity contribution in [3.8, 4) is 11.5 Å². The molecule has 0 radical (unpaired) electrons. The Labute approximate surface area is 204 Å². The van der Waals surface area contributed by atoms with Crippen LogP contribution in [-0.4, -0.2) is 36.9 Å². The Morgan fingerprint density at radius 3 is 2.41 bits per heavy atom. The third-order valence-electron chi connectivity index (χ3n) is 5.75. The molecule has 0 atom stereocenters. The quantitative estimate of drug-likeness (QED) is 0.489. The highest BCUT2D eigenvalue weighted by Gasteiger charge is 2.19. The normalized spacial score (nSPS) is 12.9. The van der Waals surface area contributed by atoms with Gasteiger partial charge < -0.3 is 19.7 Å². The van der Waals surface area contributed by atoms with E-state index >= 15 is 0 Å². The number of rotatable bonds is 8. The SMILES string of the molecule is COc1cc(C(=O)NCc2cccc(C(=O)N3CCCC3)c2)ccc1OCc1ccc(Cl)cc1. The van der Waals surface area contributed by atoms with E-state index in [0.717, 1.165) is 37.1 Å². The van der Waals surface area contributed by atoms with E-state index in [1.165, 1.54) is 7.11 Å². The summed E-state index contributed by atoms with van der Waals surface area (Å²) in [5.74, 6) is 0.824. The minimum absolute atomic E-state index is 0.0459. The summed E-state index contributed by atoms with van der Waals surface area (Å²) in [5, 5.41) is 3.58. The van der Waals surface area contributed by atoms with Gasteiger partial charge in [-0.3, -0.25) is 9.59 Å². The summed E-state index contributed by atoms with van der Waals surface area (Å²) < 4.78 is 11.3. The Bertz CT molecular complexity index is 1160. The van der Waals surface area contributed by atoms with E-state index in [1.807, 2.05) is 53.4 Å². The molecule has 1 aliphatic rings.